The van der Waals surface area contributed by atoms with Gasteiger partial charge in [-0.15, -0.1) is 0 Å². The molecule has 9 nitrogen and oxygen atoms in total. The van der Waals surface area contributed by atoms with Crippen LogP contribution in [0.2, 0.25) is 0 Å². The highest BCUT2D eigenvalue weighted by Crippen LogP contribution is 2.37. The number of aromatic hydroxyl groups is 1. The fourth-order valence-electron chi connectivity index (χ4n) is 5.75. The van der Waals surface area contributed by atoms with Crippen LogP contribution in [0.5, 0.6) is 11.8 Å². The summed E-state index contributed by atoms with van der Waals surface area (Å²) in [6.07, 6.45) is 2.06. The molecule has 2 atom stereocenters. The van der Waals surface area contributed by atoms with Crippen molar-refractivity contribution in [2.45, 2.75) is 39.0 Å². The first-order chi connectivity index (χ1) is 18.7. The van der Waals surface area contributed by atoms with Crippen LogP contribution in [-0.4, -0.2) is 89.7 Å². The minimum absolute atomic E-state index is 0.0401. The zero-order chi connectivity index (χ0) is 27.7. The topological polar surface area (TPSA) is 85.3 Å². The quantitative estimate of drug-likeness (QED) is 0.465. The Morgan fingerprint density at radius 3 is 2.77 bits per heavy atom. The number of anilines is 2. The van der Waals surface area contributed by atoms with Crippen molar-refractivity contribution in [3.05, 3.63) is 60.3 Å². The molecule has 1 saturated heterocycles. The second-order valence-corrected chi connectivity index (χ2v) is 10.8. The number of carbonyl (C=O) groups excluding carboxylic acids is 1. The summed E-state index contributed by atoms with van der Waals surface area (Å²) >= 11 is 0. The summed E-state index contributed by atoms with van der Waals surface area (Å²) in [6, 6.07) is 12.2. The number of hydrogen-bond donors (Lipinski definition) is 1. The second kappa shape index (κ2) is 11.1. The minimum Gasteiger partial charge on any atom is -0.508 e. The number of rotatable bonds is 7. The first-order valence-electron chi connectivity index (χ1n) is 13.6. The number of nitrogens with zero attached hydrogens (tertiary/aromatic N) is 6. The van der Waals surface area contributed by atoms with Crippen molar-refractivity contribution in [3.63, 3.8) is 0 Å². The zero-order valence-electron chi connectivity index (χ0n) is 23.3. The van der Waals surface area contributed by atoms with E-state index in [2.05, 4.69) is 34.3 Å². The van der Waals surface area contributed by atoms with Gasteiger partial charge >= 0.3 is 6.01 Å². The Bertz CT molecular complexity index is 1380. The number of fused-ring (bicyclic) bond motifs is 2. The van der Waals surface area contributed by atoms with E-state index in [4.69, 9.17) is 14.7 Å². The van der Waals surface area contributed by atoms with Crippen molar-refractivity contribution in [2.75, 3.05) is 56.6 Å². The molecule has 0 saturated carbocycles. The molecule has 0 aliphatic carbocycles. The standard InChI is InChI=1S/C30H38N6O3/c1-6-28(38)35-13-14-36(20(2)17-35)29-25-11-12-34(27-16-23(37)15-22-9-7-8-10-24(22)27)19-26(25)31-30(32-29)39-21(3)18-33(4)5/h6-10,15-16,20-21,37H,1,11-14,17-19H2,2-5H3. The molecule has 2 aromatic carbocycles. The predicted octanol–water partition coefficient (Wildman–Crippen LogP) is 3.45. The zero-order valence-corrected chi connectivity index (χ0v) is 23.3. The van der Waals surface area contributed by atoms with Gasteiger partial charge < -0.3 is 29.4 Å². The molecule has 1 amide bonds. The van der Waals surface area contributed by atoms with Crippen LogP contribution in [0.1, 0.15) is 25.1 Å². The Balaban J connectivity index is 1.51. The molecule has 0 radical (unpaired) electrons. The minimum atomic E-state index is -0.0832. The van der Waals surface area contributed by atoms with Crippen LogP contribution >= 0.6 is 0 Å². The molecule has 9 heteroatoms. The van der Waals surface area contributed by atoms with Gasteiger partial charge in [-0.05, 0) is 51.9 Å². The number of hydrogen-bond acceptors (Lipinski definition) is 8. The third-order valence-corrected chi connectivity index (χ3v) is 7.50. The van der Waals surface area contributed by atoms with E-state index in [1.165, 1.54) is 6.08 Å². The lowest BCUT2D eigenvalue weighted by Crippen LogP contribution is -2.54. The molecule has 2 aliphatic heterocycles. The van der Waals surface area contributed by atoms with Gasteiger partial charge in [0.05, 0.1) is 12.2 Å². The van der Waals surface area contributed by atoms with Gasteiger partial charge in [0.2, 0.25) is 5.91 Å². The van der Waals surface area contributed by atoms with E-state index in [1.54, 1.807) is 6.07 Å². The molecule has 206 valence electrons. The van der Waals surface area contributed by atoms with Crippen LogP contribution in [0.15, 0.2) is 49.1 Å². The lowest BCUT2D eigenvalue weighted by molar-refractivity contribution is -0.126. The third-order valence-electron chi connectivity index (χ3n) is 7.50. The van der Waals surface area contributed by atoms with E-state index in [1.807, 2.05) is 50.2 Å². The van der Waals surface area contributed by atoms with Gasteiger partial charge in [0.25, 0.3) is 0 Å². The number of phenolic OH excluding ortho intramolecular Hbond substituents is 1. The Morgan fingerprint density at radius 1 is 1.23 bits per heavy atom. The first kappa shape index (κ1) is 26.7. The number of likely N-dealkylation sites (N-methyl/N-ethyl adjacent to an activating group) is 1. The number of piperazine rings is 1. The van der Waals surface area contributed by atoms with Crippen molar-refractivity contribution >= 4 is 28.2 Å². The Kier molecular flexibility index (Phi) is 7.61. The normalized spacial score (nSPS) is 18.3. The van der Waals surface area contributed by atoms with Crippen LogP contribution in [0, 0.1) is 0 Å². The molecular weight excluding hydrogens is 492 g/mol. The van der Waals surface area contributed by atoms with Crippen LogP contribution in [-0.2, 0) is 17.8 Å². The number of amides is 1. The molecule has 3 heterocycles. The number of aromatic nitrogens is 2. The Morgan fingerprint density at radius 2 is 2.03 bits per heavy atom. The maximum Gasteiger partial charge on any atom is 0.318 e. The van der Waals surface area contributed by atoms with Crippen molar-refractivity contribution in [2.24, 2.45) is 0 Å². The lowest BCUT2D eigenvalue weighted by atomic mass is 10.0. The third kappa shape index (κ3) is 5.63. The van der Waals surface area contributed by atoms with E-state index in [9.17, 15) is 9.90 Å². The highest BCUT2D eigenvalue weighted by molar-refractivity contribution is 5.95. The van der Waals surface area contributed by atoms with E-state index in [0.717, 1.165) is 53.0 Å². The molecule has 2 unspecified atom stereocenters. The van der Waals surface area contributed by atoms with Crippen molar-refractivity contribution in [1.29, 1.82) is 0 Å². The number of ether oxygens (including phenoxy) is 1. The number of carbonyl (C=O) groups is 1. The number of phenols is 1. The van der Waals surface area contributed by atoms with E-state index >= 15 is 0 Å². The average molecular weight is 531 g/mol. The van der Waals surface area contributed by atoms with Crippen LogP contribution in [0.3, 0.4) is 0 Å². The maximum atomic E-state index is 12.3. The molecule has 2 aliphatic rings. The molecular formula is C30H38N6O3. The second-order valence-electron chi connectivity index (χ2n) is 10.8. The molecule has 39 heavy (non-hydrogen) atoms. The first-order valence-corrected chi connectivity index (χ1v) is 13.6. The highest BCUT2D eigenvalue weighted by Gasteiger charge is 2.32. The maximum absolute atomic E-state index is 12.3. The smallest absolute Gasteiger partial charge is 0.318 e. The molecule has 0 spiro atoms. The number of benzene rings is 2. The van der Waals surface area contributed by atoms with E-state index in [-0.39, 0.29) is 23.8 Å². The predicted molar refractivity (Wildman–Crippen MR) is 155 cm³/mol. The molecule has 5 rings (SSSR count). The van der Waals surface area contributed by atoms with Crippen molar-refractivity contribution in [3.8, 4) is 11.8 Å². The van der Waals surface area contributed by atoms with E-state index in [0.29, 0.717) is 32.2 Å². The van der Waals surface area contributed by atoms with Crippen molar-refractivity contribution < 1.29 is 14.6 Å². The van der Waals surface area contributed by atoms with Crippen LogP contribution in [0.4, 0.5) is 11.5 Å². The summed E-state index contributed by atoms with van der Waals surface area (Å²) in [4.78, 5) is 30.6. The Hall–Kier alpha value is -3.85. The summed E-state index contributed by atoms with van der Waals surface area (Å²) in [5.41, 5.74) is 3.05. The SMILES string of the molecule is C=CC(=O)N1CCN(c2nc(OC(C)CN(C)C)nc3c2CCN(c2cc(O)cc4ccccc24)C3)C(C)C1. The summed E-state index contributed by atoms with van der Waals surface area (Å²) in [5.74, 6) is 1.10. The largest absolute Gasteiger partial charge is 0.508 e. The monoisotopic (exact) mass is 530 g/mol. The van der Waals surface area contributed by atoms with Gasteiger partial charge in [-0.2, -0.15) is 9.97 Å². The fourth-order valence-corrected chi connectivity index (χ4v) is 5.75. The Labute approximate surface area is 230 Å². The van der Waals surface area contributed by atoms with Gasteiger partial charge in [0.15, 0.2) is 0 Å². The lowest BCUT2D eigenvalue weighted by Gasteiger charge is -2.42. The van der Waals surface area contributed by atoms with Crippen LogP contribution in [0.25, 0.3) is 10.8 Å². The van der Waals surface area contributed by atoms with Gasteiger partial charge in [-0.1, -0.05) is 30.8 Å². The summed E-state index contributed by atoms with van der Waals surface area (Å²) in [5, 5.41) is 12.6. The van der Waals surface area contributed by atoms with Gasteiger partial charge in [0, 0.05) is 61.5 Å². The van der Waals surface area contributed by atoms with Crippen LogP contribution < -0.4 is 14.5 Å². The summed E-state index contributed by atoms with van der Waals surface area (Å²) < 4.78 is 6.24. The molecule has 1 N–H and O–H groups in total. The molecule has 1 fully saturated rings. The van der Waals surface area contributed by atoms with Crippen molar-refractivity contribution in [1.82, 2.24) is 19.8 Å². The molecule has 3 aromatic rings. The molecule has 0 bridgehead atoms. The average Bonchev–Trinajstić information content (AvgIpc) is 2.90. The fraction of sp³-hybridized carbons (Fsp3) is 0.433. The van der Waals surface area contributed by atoms with Gasteiger partial charge in [-0.3, -0.25) is 4.79 Å². The molecule has 1 aromatic heterocycles. The van der Waals surface area contributed by atoms with E-state index < -0.39 is 0 Å². The summed E-state index contributed by atoms with van der Waals surface area (Å²) in [6.45, 7) is 11.8. The van der Waals surface area contributed by atoms with Gasteiger partial charge in [0.1, 0.15) is 17.7 Å². The highest BCUT2D eigenvalue weighted by atomic mass is 16.5. The summed E-state index contributed by atoms with van der Waals surface area (Å²) in [7, 11) is 4.03. The van der Waals surface area contributed by atoms with Gasteiger partial charge in [-0.25, -0.2) is 0 Å².